The minimum atomic E-state index is 0.0919. The monoisotopic (exact) mass is 301 g/mol. The van der Waals surface area contributed by atoms with Crippen LogP contribution < -0.4 is 5.32 Å². The van der Waals surface area contributed by atoms with Gasteiger partial charge in [0.2, 0.25) is 0 Å². The SMILES string of the molecule is Cc1nc(C)c(C(=O)N2CCNC[C@@H]2c2ccccc2)s1. The summed E-state index contributed by atoms with van der Waals surface area (Å²) in [5, 5.41) is 4.33. The molecule has 1 atom stereocenters. The number of piperazine rings is 1. The summed E-state index contributed by atoms with van der Waals surface area (Å²) in [7, 11) is 0. The molecule has 21 heavy (non-hydrogen) atoms. The summed E-state index contributed by atoms with van der Waals surface area (Å²) in [5.74, 6) is 0.105. The Balaban J connectivity index is 1.91. The number of nitrogens with one attached hydrogen (secondary N) is 1. The van der Waals surface area contributed by atoms with E-state index in [1.165, 1.54) is 16.9 Å². The maximum absolute atomic E-state index is 12.9. The summed E-state index contributed by atoms with van der Waals surface area (Å²) in [6.45, 7) is 6.23. The topological polar surface area (TPSA) is 45.2 Å². The highest BCUT2D eigenvalue weighted by atomic mass is 32.1. The number of hydrogen-bond acceptors (Lipinski definition) is 4. The minimum Gasteiger partial charge on any atom is -0.328 e. The summed E-state index contributed by atoms with van der Waals surface area (Å²) < 4.78 is 0. The molecule has 0 aliphatic carbocycles. The standard InChI is InChI=1S/C16H19N3OS/c1-11-15(21-12(2)18-11)16(20)19-9-8-17-10-14(19)13-6-4-3-5-7-13/h3-7,14,17H,8-10H2,1-2H3/t14-/m1/s1. The zero-order chi connectivity index (χ0) is 14.8. The van der Waals surface area contributed by atoms with Gasteiger partial charge in [-0.2, -0.15) is 0 Å². The second-order valence-corrected chi connectivity index (χ2v) is 6.48. The predicted molar refractivity (Wildman–Crippen MR) is 84.7 cm³/mol. The van der Waals surface area contributed by atoms with Gasteiger partial charge in [-0.05, 0) is 19.4 Å². The lowest BCUT2D eigenvalue weighted by molar-refractivity contribution is 0.0638. The first kappa shape index (κ1) is 14.2. The quantitative estimate of drug-likeness (QED) is 0.927. The fourth-order valence-corrected chi connectivity index (χ4v) is 3.66. The number of carbonyl (C=O) groups is 1. The van der Waals surface area contributed by atoms with E-state index in [-0.39, 0.29) is 11.9 Å². The smallest absolute Gasteiger partial charge is 0.266 e. The Kier molecular flexibility index (Phi) is 4.03. The number of thiazole rings is 1. The van der Waals surface area contributed by atoms with Crippen LogP contribution in [0.4, 0.5) is 0 Å². The Morgan fingerprint density at radius 1 is 1.33 bits per heavy atom. The first-order chi connectivity index (χ1) is 10.2. The fourth-order valence-electron chi connectivity index (χ4n) is 2.78. The van der Waals surface area contributed by atoms with E-state index in [9.17, 15) is 4.79 Å². The van der Waals surface area contributed by atoms with Crippen LogP contribution in [0.2, 0.25) is 0 Å². The molecule has 0 spiro atoms. The summed E-state index contributed by atoms with van der Waals surface area (Å²) in [6.07, 6.45) is 0. The van der Waals surface area contributed by atoms with Gasteiger partial charge in [0.25, 0.3) is 5.91 Å². The number of aromatic nitrogens is 1. The maximum Gasteiger partial charge on any atom is 0.266 e. The number of amides is 1. The van der Waals surface area contributed by atoms with Crippen LogP contribution in [-0.4, -0.2) is 35.4 Å². The van der Waals surface area contributed by atoms with Crippen LogP contribution in [0.15, 0.2) is 30.3 Å². The van der Waals surface area contributed by atoms with Crippen molar-refractivity contribution in [2.24, 2.45) is 0 Å². The summed E-state index contributed by atoms with van der Waals surface area (Å²) in [6, 6.07) is 10.3. The first-order valence-electron chi connectivity index (χ1n) is 7.17. The van der Waals surface area contributed by atoms with E-state index in [2.05, 4.69) is 22.4 Å². The molecule has 0 radical (unpaired) electrons. The van der Waals surface area contributed by atoms with Gasteiger partial charge in [0.1, 0.15) is 4.88 Å². The Hall–Kier alpha value is -1.72. The Morgan fingerprint density at radius 3 is 2.76 bits per heavy atom. The van der Waals surface area contributed by atoms with Crippen molar-refractivity contribution in [3.05, 3.63) is 51.5 Å². The lowest BCUT2D eigenvalue weighted by Gasteiger charge is -2.36. The van der Waals surface area contributed by atoms with Crippen molar-refractivity contribution in [1.29, 1.82) is 0 Å². The zero-order valence-electron chi connectivity index (χ0n) is 12.3. The Bertz CT molecular complexity index is 638. The molecule has 0 bridgehead atoms. The van der Waals surface area contributed by atoms with Gasteiger partial charge < -0.3 is 10.2 Å². The molecule has 2 heterocycles. The first-order valence-corrected chi connectivity index (χ1v) is 7.99. The lowest BCUT2D eigenvalue weighted by Crippen LogP contribution is -2.48. The maximum atomic E-state index is 12.9. The van der Waals surface area contributed by atoms with E-state index in [0.717, 1.165) is 35.2 Å². The number of rotatable bonds is 2. The van der Waals surface area contributed by atoms with Crippen LogP contribution in [0.1, 0.15) is 32.0 Å². The normalized spacial score (nSPS) is 18.8. The molecule has 0 saturated carbocycles. The van der Waals surface area contributed by atoms with Crippen LogP contribution in [0.3, 0.4) is 0 Å². The predicted octanol–water partition coefficient (Wildman–Crippen LogP) is 2.55. The molecule has 110 valence electrons. The molecule has 1 aromatic carbocycles. The number of benzene rings is 1. The Labute approximate surface area is 128 Å². The molecule has 0 unspecified atom stereocenters. The zero-order valence-corrected chi connectivity index (χ0v) is 13.1. The third-order valence-electron chi connectivity index (χ3n) is 3.79. The number of carbonyl (C=O) groups excluding carboxylic acids is 1. The van der Waals surface area contributed by atoms with Gasteiger partial charge in [0.15, 0.2) is 0 Å². The van der Waals surface area contributed by atoms with Gasteiger partial charge in [0.05, 0.1) is 16.7 Å². The van der Waals surface area contributed by atoms with Crippen molar-refractivity contribution in [3.8, 4) is 0 Å². The highest BCUT2D eigenvalue weighted by Crippen LogP contribution is 2.27. The number of aryl methyl sites for hydroxylation is 2. The van der Waals surface area contributed by atoms with Crippen molar-refractivity contribution >= 4 is 17.2 Å². The molecule has 1 aliphatic rings. The molecule has 1 amide bonds. The van der Waals surface area contributed by atoms with Gasteiger partial charge >= 0.3 is 0 Å². The van der Waals surface area contributed by atoms with Gasteiger partial charge in [0, 0.05) is 19.6 Å². The van der Waals surface area contributed by atoms with Crippen LogP contribution in [-0.2, 0) is 0 Å². The second-order valence-electron chi connectivity index (χ2n) is 5.28. The van der Waals surface area contributed by atoms with E-state index in [1.807, 2.05) is 36.9 Å². The van der Waals surface area contributed by atoms with Crippen molar-refractivity contribution in [3.63, 3.8) is 0 Å². The van der Waals surface area contributed by atoms with Crippen molar-refractivity contribution in [2.75, 3.05) is 19.6 Å². The van der Waals surface area contributed by atoms with E-state index < -0.39 is 0 Å². The van der Waals surface area contributed by atoms with E-state index in [4.69, 9.17) is 0 Å². The van der Waals surface area contributed by atoms with Crippen LogP contribution in [0.25, 0.3) is 0 Å². The average Bonchev–Trinajstić information content (AvgIpc) is 2.86. The van der Waals surface area contributed by atoms with Gasteiger partial charge in [-0.15, -0.1) is 11.3 Å². The molecule has 1 saturated heterocycles. The lowest BCUT2D eigenvalue weighted by atomic mass is 10.0. The highest BCUT2D eigenvalue weighted by molar-refractivity contribution is 7.13. The molecular weight excluding hydrogens is 282 g/mol. The number of nitrogens with zero attached hydrogens (tertiary/aromatic N) is 2. The summed E-state index contributed by atoms with van der Waals surface area (Å²) >= 11 is 1.49. The third-order valence-corrected chi connectivity index (χ3v) is 4.85. The molecule has 1 aliphatic heterocycles. The molecule has 5 heteroatoms. The summed E-state index contributed by atoms with van der Waals surface area (Å²) in [4.78, 5) is 20.0. The highest BCUT2D eigenvalue weighted by Gasteiger charge is 2.30. The molecule has 3 rings (SSSR count). The van der Waals surface area contributed by atoms with Crippen molar-refractivity contribution in [1.82, 2.24) is 15.2 Å². The molecule has 4 nitrogen and oxygen atoms in total. The largest absolute Gasteiger partial charge is 0.328 e. The number of hydrogen-bond donors (Lipinski definition) is 1. The average molecular weight is 301 g/mol. The second kappa shape index (κ2) is 5.95. The van der Waals surface area contributed by atoms with E-state index >= 15 is 0 Å². The molecule has 1 N–H and O–H groups in total. The fraction of sp³-hybridized carbons (Fsp3) is 0.375. The third kappa shape index (κ3) is 2.84. The summed E-state index contributed by atoms with van der Waals surface area (Å²) in [5.41, 5.74) is 2.02. The van der Waals surface area contributed by atoms with Crippen LogP contribution >= 0.6 is 11.3 Å². The minimum absolute atomic E-state index is 0.0919. The van der Waals surface area contributed by atoms with Crippen LogP contribution in [0.5, 0.6) is 0 Å². The molecule has 1 fully saturated rings. The molecular formula is C16H19N3OS. The van der Waals surface area contributed by atoms with Gasteiger partial charge in [-0.3, -0.25) is 4.79 Å². The van der Waals surface area contributed by atoms with E-state index in [1.54, 1.807) is 0 Å². The van der Waals surface area contributed by atoms with Crippen molar-refractivity contribution in [2.45, 2.75) is 19.9 Å². The molecule has 2 aromatic rings. The van der Waals surface area contributed by atoms with Crippen molar-refractivity contribution < 1.29 is 4.79 Å². The van der Waals surface area contributed by atoms with Gasteiger partial charge in [-0.25, -0.2) is 4.98 Å². The Morgan fingerprint density at radius 2 is 2.10 bits per heavy atom. The molecule has 1 aromatic heterocycles. The van der Waals surface area contributed by atoms with Gasteiger partial charge in [-0.1, -0.05) is 30.3 Å². The van der Waals surface area contributed by atoms with E-state index in [0.29, 0.717) is 0 Å². The van der Waals surface area contributed by atoms with Crippen LogP contribution in [0, 0.1) is 13.8 Å².